The SMILES string of the molecule is FC1(F)CC(Nc2nc(Nc3ccnc(C(F)(F)F)c3)nc(-c3cncc(C(F)(F)F)n3)n2)C1. The lowest BCUT2D eigenvalue weighted by molar-refractivity contribution is -0.142. The van der Waals surface area contributed by atoms with Gasteiger partial charge in [0.1, 0.15) is 11.4 Å². The van der Waals surface area contributed by atoms with Gasteiger partial charge in [0.25, 0.3) is 5.92 Å². The molecule has 1 saturated carbocycles. The van der Waals surface area contributed by atoms with Gasteiger partial charge in [-0.1, -0.05) is 0 Å². The van der Waals surface area contributed by atoms with Gasteiger partial charge >= 0.3 is 12.4 Å². The zero-order chi connectivity index (χ0) is 24.7. The van der Waals surface area contributed by atoms with Crippen LogP contribution in [0.3, 0.4) is 0 Å². The summed E-state index contributed by atoms with van der Waals surface area (Å²) in [5.74, 6) is -3.98. The summed E-state index contributed by atoms with van der Waals surface area (Å²) in [6, 6.07) is 1.10. The fourth-order valence-electron chi connectivity index (χ4n) is 2.96. The molecule has 0 unspecified atom stereocenters. The Balaban J connectivity index is 1.69. The van der Waals surface area contributed by atoms with Gasteiger partial charge in [0.2, 0.25) is 11.9 Å². The van der Waals surface area contributed by atoms with E-state index in [0.29, 0.717) is 12.3 Å². The Morgan fingerprint density at radius 3 is 2.18 bits per heavy atom. The summed E-state index contributed by atoms with van der Waals surface area (Å²) in [5.41, 5.74) is -3.12. The molecular formula is C18H12F8N8. The number of nitrogens with one attached hydrogen (secondary N) is 2. The Morgan fingerprint density at radius 1 is 0.853 bits per heavy atom. The van der Waals surface area contributed by atoms with Gasteiger partial charge in [0.05, 0.1) is 12.4 Å². The van der Waals surface area contributed by atoms with E-state index in [2.05, 4.69) is 40.5 Å². The number of hydrogen-bond donors (Lipinski definition) is 2. The highest BCUT2D eigenvalue weighted by Crippen LogP contribution is 2.39. The fourth-order valence-corrected chi connectivity index (χ4v) is 2.96. The first-order valence-electron chi connectivity index (χ1n) is 9.39. The van der Waals surface area contributed by atoms with Gasteiger partial charge in [-0.15, -0.1) is 0 Å². The van der Waals surface area contributed by atoms with Crippen LogP contribution in [0, 0.1) is 0 Å². The molecule has 0 spiro atoms. The molecule has 3 aromatic heterocycles. The van der Waals surface area contributed by atoms with E-state index in [4.69, 9.17) is 0 Å². The number of rotatable bonds is 5. The molecule has 3 heterocycles. The predicted octanol–water partition coefficient (Wildman–Crippen LogP) is 4.71. The first kappa shape index (κ1) is 23.4. The van der Waals surface area contributed by atoms with Crippen molar-refractivity contribution >= 4 is 17.6 Å². The molecule has 16 heteroatoms. The number of anilines is 3. The molecule has 2 N–H and O–H groups in total. The van der Waals surface area contributed by atoms with Crippen LogP contribution in [0.4, 0.5) is 52.7 Å². The molecule has 0 radical (unpaired) electrons. The average molecular weight is 492 g/mol. The van der Waals surface area contributed by atoms with Crippen molar-refractivity contribution in [2.45, 2.75) is 37.2 Å². The Kier molecular flexibility index (Phi) is 5.69. The minimum absolute atomic E-state index is 0.143. The largest absolute Gasteiger partial charge is 0.434 e. The Bertz CT molecular complexity index is 1190. The number of nitrogens with zero attached hydrogens (tertiary/aromatic N) is 6. The zero-order valence-corrected chi connectivity index (χ0v) is 16.6. The third kappa shape index (κ3) is 5.43. The molecule has 1 aliphatic carbocycles. The molecule has 0 atom stereocenters. The second-order valence-electron chi connectivity index (χ2n) is 7.25. The highest BCUT2D eigenvalue weighted by molar-refractivity contribution is 5.58. The van der Waals surface area contributed by atoms with Gasteiger partial charge in [-0.3, -0.25) is 9.97 Å². The van der Waals surface area contributed by atoms with Crippen LogP contribution in [0.1, 0.15) is 24.2 Å². The van der Waals surface area contributed by atoms with Crippen LogP contribution in [-0.2, 0) is 12.4 Å². The minimum atomic E-state index is -4.82. The molecule has 180 valence electrons. The average Bonchev–Trinajstić information content (AvgIpc) is 2.71. The fraction of sp³-hybridized carbons (Fsp3) is 0.333. The minimum Gasteiger partial charge on any atom is -0.351 e. The van der Waals surface area contributed by atoms with Crippen molar-refractivity contribution in [3.8, 4) is 11.5 Å². The van der Waals surface area contributed by atoms with Gasteiger partial charge in [-0.2, -0.15) is 41.3 Å². The third-order valence-electron chi connectivity index (χ3n) is 4.52. The molecule has 1 fully saturated rings. The van der Waals surface area contributed by atoms with Gasteiger partial charge in [-0.25, -0.2) is 13.8 Å². The molecule has 0 aliphatic heterocycles. The van der Waals surface area contributed by atoms with Crippen LogP contribution >= 0.6 is 0 Å². The van der Waals surface area contributed by atoms with Gasteiger partial charge in [-0.05, 0) is 12.1 Å². The summed E-state index contributed by atoms with van der Waals surface area (Å²) in [5, 5.41) is 5.08. The van der Waals surface area contributed by atoms with Crippen molar-refractivity contribution < 1.29 is 35.1 Å². The molecule has 0 bridgehead atoms. The van der Waals surface area contributed by atoms with Crippen LogP contribution in [0.2, 0.25) is 0 Å². The number of pyridine rings is 1. The lowest BCUT2D eigenvalue weighted by Crippen LogP contribution is -2.44. The highest BCUT2D eigenvalue weighted by atomic mass is 19.4. The summed E-state index contributed by atoms with van der Waals surface area (Å²) in [7, 11) is 0. The van der Waals surface area contributed by atoms with Crippen molar-refractivity contribution in [1.82, 2.24) is 29.9 Å². The lowest BCUT2D eigenvalue weighted by Gasteiger charge is -2.35. The maximum absolute atomic E-state index is 13.2. The van der Waals surface area contributed by atoms with Crippen molar-refractivity contribution in [3.63, 3.8) is 0 Å². The highest BCUT2D eigenvalue weighted by Gasteiger charge is 2.45. The van der Waals surface area contributed by atoms with Crippen LogP contribution < -0.4 is 10.6 Å². The maximum atomic E-state index is 13.2. The molecular weight excluding hydrogens is 480 g/mol. The summed E-state index contributed by atoms with van der Waals surface area (Å²) < 4.78 is 104. The molecule has 0 saturated heterocycles. The maximum Gasteiger partial charge on any atom is 0.434 e. The summed E-state index contributed by atoms with van der Waals surface area (Å²) in [6.07, 6.45) is -8.32. The predicted molar refractivity (Wildman–Crippen MR) is 100.0 cm³/mol. The van der Waals surface area contributed by atoms with Crippen LogP contribution in [0.5, 0.6) is 0 Å². The van der Waals surface area contributed by atoms with E-state index in [1.54, 1.807) is 0 Å². The third-order valence-corrected chi connectivity index (χ3v) is 4.52. The number of hydrogen-bond acceptors (Lipinski definition) is 8. The van der Waals surface area contributed by atoms with Gasteiger partial charge < -0.3 is 10.6 Å². The van der Waals surface area contributed by atoms with E-state index in [9.17, 15) is 35.1 Å². The van der Waals surface area contributed by atoms with E-state index >= 15 is 0 Å². The lowest BCUT2D eigenvalue weighted by atomic mass is 9.88. The number of aromatic nitrogens is 6. The Hall–Kier alpha value is -3.72. The van der Waals surface area contributed by atoms with Crippen LogP contribution in [-0.4, -0.2) is 41.9 Å². The monoisotopic (exact) mass is 492 g/mol. The molecule has 0 amide bonds. The summed E-state index contributed by atoms with van der Waals surface area (Å²) in [6.45, 7) is 0. The zero-order valence-electron chi connectivity index (χ0n) is 16.6. The van der Waals surface area contributed by atoms with Crippen molar-refractivity contribution in [2.75, 3.05) is 10.6 Å². The summed E-state index contributed by atoms with van der Waals surface area (Å²) in [4.78, 5) is 21.8. The molecule has 0 aromatic carbocycles. The molecule has 8 nitrogen and oxygen atoms in total. The number of alkyl halides is 8. The van der Waals surface area contributed by atoms with Gasteiger partial charge in [0.15, 0.2) is 11.5 Å². The van der Waals surface area contributed by atoms with E-state index in [-0.39, 0.29) is 17.6 Å². The molecule has 34 heavy (non-hydrogen) atoms. The molecule has 1 aliphatic rings. The second-order valence-corrected chi connectivity index (χ2v) is 7.25. The van der Waals surface area contributed by atoms with E-state index in [0.717, 1.165) is 12.4 Å². The van der Waals surface area contributed by atoms with E-state index < -0.39 is 60.1 Å². The topological polar surface area (TPSA) is 101 Å². The van der Waals surface area contributed by atoms with Crippen LogP contribution in [0.25, 0.3) is 11.5 Å². The van der Waals surface area contributed by atoms with Crippen molar-refractivity contribution in [2.24, 2.45) is 0 Å². The van der Waals surface area contributed by atoms with Crippen molar-refractivity contribution in [3.05, 3.63) is 42.1 Å². The number of halogens is 8. The Labute approximate surface area is 184 Å². The summed E-state index contributed by atoms with van der Waals surface area (Å²) >= 11 is 0. The van der Waals surface area contributed by atoms with Crippen LogP contribution in [0.15, 0.2) is 30.7 Å². The van der Waals surface area contributed by atoms with E-state index in [1.807, 2.05) is 0 Å². The molecule has 4 rings (SSSR count). The standard InChI is InChI=1S/C18H12F8N8/c19-16(20)4-9(5-16)30-15-33-13(10-6-27-7-12(31-10)18(24,25)26)32-14(34-15)29-8-1-2-28-11(3-8)17(21,22)23/h1-3,6-7,9H,4-5H2,(H2,28,29,30,32,33,34). The second kappa shape index (κ2) is 8.25. The quantitative estimate of drug-likeness (QED) is 0.494. The van der Waals surface area contributed by atoms with E-state index in [1.165, 1.54) is 6.07 Å². The Morgan fingerprint density at radius 2 is 1.53 bits per heavy atom. The first-order chi connectivity index (χ1) is 15.8. The van der Waals surface area contributed by atoms with Crippen molar-refractivity contribution in [1.29, 1.82) is 0 Å². The molecule has 3 aromatic rings. The normalized spacial score (nSPS) is 16.1. The van der Waals surface area contributed by atoms with Gasteiger partial charge in [0, 0.05) is 30.8 Å². The smallest absolute Gasteiger partial charge is 0.351 e. The first-order valence-corrected chi connectivity index (χ1v) is 9.39.